The maximum Gasteiger partial charge on any atom is 0.0419 e. The van der Waals surface area contributed by atoms with Gasteiger partial charge in [0.25, 0.3) is 0 Å². The highest BCUT2D eigenvalue weighted by Gasteiger charge is 2.24. The van der Waals surface area contributed by atoms with Gasteiger partial charge in [0.1, 0.15) is 0 Å². The summed E-state index contributed by atoms with van der Waals surface area (Å²) in [4.78, 5) is 0. The fourth-order valence-electron chi connectivity index (χ4n) is 2.14. The van der Waals surface area contributed by atoms with E-state index in [9.17, 15) is 0 Å². The van der Waals surface area contributed by atoms with Gasteiger partial charge in [-0.15, -0.1) is 0 Å². The number of hydrogen-bond acceptors (Lipinski definition) is 3. The van der Waals surface area contributed by atoms with Crippen LogP contribution >= 0.6 is 0 Å². The molecule has 1 fully saturated rings. The lowest BCUT2D eigenvalue weighted by Crippen LogP contribution is -2.57. The van der Waals surface area contributed by atoms with Crippen molar-refractivity contribution in [2.75, 3.05) is 19.6 Å². The molecule has 0 radical (unpaired) electrons. The second-order valence-corrected chi connectivity index (χ2v) is 4.67. The molecule has 0 bridgehead atoms. The Morgan fingerprint density at radius 2 is 1.93 bits per heavy atom. The van der Waals surface area contributed by atoms with Gasteiger partial charge in [-0.2, -0.15) is 0 Å². The number of nitrogens with one attached hydrogen (secondary N) is 1. The first-order chi connectivity index (χ1) is 6.70. The molecule has 1 aliphatic heterocycles. The average molecular weight is 199 g/mol. The van der Waals surface area contributed by atoms with Crippen molar-refractivity contribution >= 4 is 0 Å². The van der Waals surface area contributed by atoms with Crippen LogP contribution in [0.15, 0.2) is 0 Å². The van der Waals surface area contributed by atoms with Crippen LogP contribution in [0.5, 0.6) is 0 Å². The first kappa shape index (κ1) is 12.0. The topological polar surface area (TPSA) is 41.3 Å². The van der Waals surface area contributed by atoms with E-state index in [2.05, 4.69) is 24.3 Å². The third-order valence-electron chi connectivity index (χ3n) is 3.04. The molecule has 1 saturated heterocycles. The van der Waals surface area contributed by atoms with Gasteiger partial charge in [0, 0.05) is 25.2 Å². The lowest BCUT2D eigenvalue weighted by Gasteiger charge is -2.38. The fraction of sp³-hybridized carbons (Fsp3) is 1.00. The summed E-state index contributed by atoms with van der Waals surface area (Å²) in [5.41, 5.74) is 9.52. The Morgan fingerprint density at radius 1 is 1.29 bits per heavy atom. The van der Waals surface area contributed by atoms with Gasteiger partial charge in [-0.3, -0.25) is 0 Å². The first-order valence-electron chi connectivity index (χ1n) is 5.93. The second-order valence-electron chi connectivity index (χ2n) is 4.67. The van der Waals surface area contributed by atoms with Gasteiger partial charge in [-0.1, -0.05) is 19.8 Å². The first-order valence-corrected chi connectivity index (χ1v) is 5.93. The van der Waals surface area contributed by atoms with Crippen LogP contribution in [-0.4, -0.2) is 30.2 Å². The number of hydrogen-bond donors (Lipinski definition) is 2. The Bertz CT molecular complexity index is 155. The molecule has 1 aliphatic rings. The summed E-state index contributed by atoms with van der Waals surface area (Å²) in [7, 11) is 0. The zero-order valence-electron chi connectivity index (χ0n) is 9.68. The third-order valence-corrected chi connectivity index (χ3v) is 3.04. The average Bonchev–Trinajstić information content (AvgIpc) is 2.20. The second kappa shape index (κ2) is 5.69. The molecule has 1 rings (SSSR count). The summed E-state index contributed by atoms with van der Waals surface area (Å²) in [5.74, 6) is 0. The van der Waals surface area contributed by atoms with Gasteiger partial charge in [-0.05, 0) is 26.2 Å². The summed E-state index contributed by atoms with van der Waals surface area (Å²) >= 11 is 0. The van der Waals surface area contributed by atoms with Crippen LogP contribution in [0.3, 0.4) is 0 Å². The summed E-state index contributed by atoms with van der Waals surface area (Å²) in [6.45, 7) is 7.52. The lowest BCUT2D eigenvalue weighted by atomic mass is 9.97. The number of rotatable bonds is 5. The Balaban J connectivity index is 2.37. The van der Waals surface area contributed by atoms with E-state index in [1.165, 1.54) is 38.8 Å². The quantitative estimate of drug-likeness (QED) is 0.705. The molecule has 14 heavy (non-hydrogen) atoms. The summed E-state index contributed by atoms with van der Waals surface area (Å²) < 4.78 is 0. The van der Waals surface area contributed by atoms with E-state index < -0.39 is 0 Å². The SMILES string of the molecule is CCCC(C)(CN)NN1CCCCC1. The number of nitrogens with two attached hydrogens (primary N) is 1. The van der Waals surface area contributed by atoms with Gasteiger partial charge < -0.3 is 5.73 Å². The van der Waals surface area contributed by atoms with Crippen LogP contribution in [0, 0.1) is 0 Å². The van der Waals surface area contributed by atoms with Gasteiger partial charge in [-0.25, -0.2) is 10.4 Å². The van der Waals surface area contributed by atoms with Gasteiger partial charge >= 0.3 is 0 Å². The van der Waals surface area contributed by atoms with Crippen molar-refractivity contribution in [1.82, 2.24) is 10.4 Å². The molecule has 3 heteroatoms. The van der Waals surface area contributed by atoms with E-state index in [1.807, 2.05) is 0 Å². The molecule has 0 amide bonds. The number of nitrogens with zero attached hydrogens (tertiary/aromatic N) is 1. The molecule has 3 N–H and O–H groups in total. The van der Waals surface area contributed by atoms with E-state index in [4.69, 9.17) is 5.73 Å². The Morgan fingerprint density at radius 3 is 2.43 bits per heavy atom. The molecule has 1 atom stereocenters. The molecular weight excluding hydrogens is 174 g/mol. The van der Waals surface area contributed by atoms with E-state index in [1.54, 1.807) is 0 Å². The van der Waals surface area contributed by atoms with Gasteiger partial charge in [0.2, 0.25) is 0 Å². The maximum absolute atomic E-state index is 5.82. The number of piperidine rings is 1. The van der Waals surface area contributed by atoms with Crippen LogP contribution in [0.2, 0.25) is 0 Å². The summed E-state index contributed by atoms with van der Waals surface area (Å²) in [6, 6.07) is 0. The summed E-state index contributed by atoms with van der Waals surface area (Å²) in [5, 5.41) is 2.35. The largest absolute Gasteiger partial charge is 0.329 e. The van der Waals surface area contributed by atoms with E-state index in [0.717, 1.165) is 13.0 Å². The van der Waals surface area contributed by atoms with E-state index in [0.29, 0.717) is 0 Å². The highest BCUT2D eigenvalue weighted by Crippen LogP contribution is 2.14. The minimum absolute atomic E-state index is 0.103. The van der Waals surface area contributed by atoms with Crippen molar-refractivity contribution < 1.29 is 0 Å². The molecule has 1 unspecified atom stereocenters. The molecule has 0 aliphatic carbocycles. The molecule has 0 aromatic heterocycles. The minimum atomic E-state index is 0.103. The normalized spacial score (nSPS) is 23.4. The minimum Gasteiger partial charge on any atom is -0.329 e. The van der Waals surface area contributed by atoms with Gasteiger partial charge in [0.05, 0.1) is 0 Å². The molecule has 0 saturated carbocycles. The molecule has 0 aromatic rings. The van der Waals surface area contributed by atoms with Crippen molar-refractivity contribution in [2.45, 2.75) is 51.5 Å². The van der Waals surface area contributed by atoms with Crippen LogP contribution in [0.1, 0.15) is 46.0 Å². The fourth-order valence-corrected chi connectivity index (χ4v) is 2.14. The van der Waals surface area contributed by atoms with Crippen molar-refractivity contribution in [3.8, 4) is 0 Å². The highest BCUT2D eigenvalue weighted by atomic mass is 15.5. The van der Waals surface area contributed by atoms with Crippen LogP contribution < -0.4 is 11.2 Å². The van der Waals surface area contributed by atoms with Crippen LogP contribution in [-0.2, 0) is 0 Å². The molecule has 0 aromatic carbocycles. The Hall–Kier alpha value is -0.120. The molecule has 3 nitrogen and oxygen atoms in total. The van der Waals surface area contributed by atoms with Crippen LogP contribution in [0.4, 0.5) is 0 Å². The molecule has 84 valence electrons. The smallest absolute Gasteiger partial charge is 0.0419 e. The van der Waals surface area contributed by atoms with Crippen molar-refractivity contribution in [2.24, 2.45) is 5.73 Å². The van der Waals surface area contributed by atoms with Gasteiger partial charge in [0.15, 0.2) is 0 Å². The third kappa shape index (κ3) is 3.56. The van der Waals surface area contributed by atoms with Crippen LogP contribution in [0.25, 0.3) is 0 Å². The zero-order chi connectivity index (χ0) is 10.4. The zero-order valence-corrected chi connectivity index (χ0v) is 9.68. The molecular formula is C11H25N3. The van der Waals surface area contributed by atoms with Crippen molar-refractivity contribution in [3.63, 3.8) is 0 Å². The predicted octanol–water partition coefficient (Wildman–Crippen LogP) is 1.49. The Labute approximate surface area is 88.0 Å². The monoisotopic (exact) mass is 199 g/mol. The standard InChI is InChI=1S/C11H25N3/c1-3-7-11(2,10-12)13-14-8-5-4-6-9-14/h13H,3-10,12H2,1-2H3. The Kier molecular flexibility index (Phi) is 4.85. The lowest BCUT2D eigenvalue weighted by molar-refractivity contribution is 0.0863. The molecule has 0 spiro atoms. The number of hydrazine groups is 1. The predicted molar refractivity (Wildman–Crippen MR) is 60.9 cm³/mol. The van der Waals surface area contributed by atoms with E-state index in [-0.39, 0.29) is 5.54 Å². The molecule has 1 heterocycles. The van der Waals surface area contributed by atoms with Crippen molar-refractivity contribution in [3.05, 3.63) is 0 Å². The maximum atomic E-state index is 5.82. The summed E-state index contributed by atoms with van der Waals surface area (Å²) in [6.07, 6.45) is 6.36. The highest BCUT2D eigenvalue weighted by molar-refractivity contribution is 4.83. The van der Waals surface area contributed by atoms with Crippen molar-refractivity contribution in [1.29, 1.82) is 0 Å². The van der Waals surface area contributed by atoms with E-state index >= 15 is 0 Å².